The largest absolute Gasteiger partial charge is 0.497 e. The molecule has 0 atom stereocenters. The number of carbonyl (C=O) groups excluding carboxylic acids is 1. The SMILES string of the molecule is COc1ccc(COc2cc3c(=O)c(C(C)=O)cn(COCC[Si](C)(C)C)c3cc2OCc2ccc(OC)cc2)cc1. The minimum absolute atomic E-state index is 0.101. The Morgan fingerprint density at radius 1 is 0.810 bits per heavy atom. The normalized spacial score (nSPS) is 11.4. The van der Waals surface area contributed by atoms with Crippen LogP contribution in [0.15, 0.2) is 71.7 Å². The summed E-state index contributed by atoms with van der Waals surface area (Å²) in [5, 5.41) is 0.359. The highest BCUT2D eigenvalue weighted by molar-refractivity contribution is 6.76. The van der Waals surface area contributed by atoms with Crippen molar-refractivity contribution in [1.29, 1.82) is 0 Å². The van der Waals surface area contributed by atoms with Gasteiger partial charge in [-0.05, 0) is 54.4 Å². The first-order valence-electron chi connectivity index (χ1n) is 13.9. The maximum atomic E-state index is 13.4. The van der Waals surface area contributed by atoms with Gasteiger partial charge in [-0.25, -0.2) is 0 Å². The number of nitrogens with zero attached hydrogens (tertiary/aromatic N) is 1. The zero-order chi connectivity index (χ0) is 30.3. The maximum Gasteiger partial charge on any atom is 0.200 e. The number of hydrogen-bond donors (Lipinski definition) is 0. The summed E-state index contributed by atoms with van der Waals surface area (Å²) in [5.74, 6) is 2.07. The summed E-state index contributed by atoms with van der Waals surface area (Å²) in [6, 6.07) is 19.6. The van der Waals surface area contributed by atoms with E-state index in [2.05, 4.69) is 19.6 Å². The lowest BCUT2D eigenvalue weighted by Crippen LogP contribution is -2.23. The summed E-state index contributed by atoms with van der Waals surface area (Å²) in [7, 11) is 1.96. The van der Waals surface area contributed by atoms with E-state index >= 15 is 0 Å². The number of aromatic nitrogens is 1. The molecule has 0 aliphatic rings. The Kier molecular flexibility index (Phi) is 10.1. The molecule has 0 bridgehead atoms. The van der Waals surface area contributed by atoms with Gasteiger partial charge in [0.1, 0.15) is 31.4 Å². The predicted molar refractivity (Wildman–Crippen MR) is 167 cm³/mol. The fourth-order valence-corrected chi connectivity index (χ4v) is 5.04. The third-order valence-corrected chi connectivity index (χ3v) is 8.56. The second-order valence-corrected chi connectivity index (χ2v) is 17.0. The lowest BCUT2D eigenvalue weighted by atomic mass is 10.1. The van der Waals surface area contributed by atoms with Crippen molar-refractivity contribution in [2.24, 2.45) is 0 Å². The van der Waals surface area contributed by atoms with Gasteiger partial charge in [0.05, 0.1) is 30.7 Å². The number of carbonyl (C=O) groups is 1. The number of fused-ring (bicyclic) bond motifs is 1. The van der Waals surface area contributed by atoms with E-state index in [-0.39, 0.29) is 36.7 Å². The number of rotatable bonds is 14. The highest BCUT2D eigenvalue weighted by Gasteiger charge is 2.18. The first kappa shape index (κ1) is 30.9. The van der Waals surface area contributed by atoms with E-state index in [9.17, 15) is 9.59 Å². The van der Waals surface area contributed by atoms with Crippen LogP contribution in [-0.4, -0.2) is 39.3 Å². The van der Waals surface area contributed by atoms with Gasteiger partial charge >= 0.3 is 0 Å². The average Bonchev–Trinajstić information content (AvgIpc) is 2.98. The molecule has 222 valence electrons. The molecule has 1 heterocycles. The molecule has 0 saturated carbocycles. The molecule has 0 fully saturated rings. The average molecular weight is 590 g/mol. The van der Waals surface area contributed by atoms with Gasteiger partial charge < -0.3 is 28.3 Å². The van der Waals surface area contributed by atoms with Crippen molar-refractivity contribution in [3.8, 4) is 23.0 Å². The van der Waals surface area contributed by atoms with Crippen molar-refractivity contribution < 1.29 is 28.5 Å². The second-order valence-electron chi connectivity index (χ2n) is 11.3. The van der Waals surface area contributed by atoms with Gasteiger partial charge in [0.25, 0.3) is 0 Å². The van der Waals surface area contributed by atoms with Crippen LogP contribution in [0.5, 0.6) is 23.0 Å². The molecule has 0 aliphatic carbocycles. The molecule has 0 aliphatic heterocycles. The lowest BCUT2D eigenvalue weighted by Gasteiger charge is -2.19. The van der Waals surface area contributed by atoms with Crippen molar-refractivity contribution in [2.45, 2.75) is 52.6 Å². The van der Waals surface area contributed by atoms with E-state index in [1.165, 1.54) is 6.92 Å². The number of ether oxygens (including phenoxy) is 5. The molecule has 0 N–H and O–H groups in total. The third kappa shape index (κ3) is 8.01. The van der Waals surface area contributed by atoms with Crippen LogP contribution in [0.25, 0.3) is 10.9 Å². The quantitative estimate of drug-likeness (QED) is 0.0920. The summed E-state index contributed by atoms with van der Waals surface area (Å²) < 4.78 is 30.8. The Bertz CT molecular complexity index is 1570. The van der Waals surface area contributed by atoms with E-state index in [1.54, 1.807) is 37.1 Å². The highest BCUT2D eigenvalue weighted by Crippen LogP contribution is 2.33. The summed E-state index contributed by atoms with van der Waals surface area (Å²) in [6.45, 7) is 9.59. The zero-order valence-corrected chi connectivity index (χ0v) is 26.2. The molecule has 0 radical (unpaired) electrons. The standard InChI is InChI=1S/C33H39NO7Si/c1-23(35)29-19-34(22-39-15-16-42(4,5)6)30-18-32(41-21-25-9-13-27(38-3)14-10-25)31(17-28(30)33(29)36)40-20-24-7-11-26(37-2)12-8-24/h7-14,17-19H,15-16,20-22H2,1-6H3. The molecular weight excluding hydrogens is 550 g/mol. The van der Waals surface area contributed by atoms with Crippen molar-refractivity contribution in [1.82, 2.24) is 4.57 Å². The lowest BCUT2D eigenvalue weighted by molar-refractivity contribution is 0.0891. The molecular formula is C33H39NO7Si. The number of benzene rings is 3. The van der Waals surface area contributed by atoms with E-state index in [0.717, 1.165) is 28.7 Å². The van der Waals surface area contributed by atoms with Gasteiger partial charge in [0, 0.05) is 26.9 Å². The minimum atomic E-state index is -1.28. The first-order valence-corrected chi connectivity index (χ1v) is 17.6. The van der Waals surface area contributed by atoms with Gasteiger partial charge in [-0.3, -0.25) is 9.59 Å². The number of ketones is 1. The molecule has 4 aromatic rings. The van der Waals surface area contributed by atoms with Crippen LogP contribution in [0.2, 0.25) is 25.7 Å². The van der Waals surface area contributed by atoms with E-state index < -0.39 is 8.07 Å². The van der Waals surface area contributed by atoms with Gasteiger partial charge in [-0.2, -0.15) is 0 Å². The van der Waals surface area contributed by atoms with Crippen LogP contribution >= 0.6 is 0 Å². The van der Waals surface area contributed by atoms with Gasteiger partial charge in [0.2, 0.25) is 0 Å². The van der Waals surface area contributed by atoms with Crippen molar-refractivity contribution in [2.75, 3.05) is 20.8 Å². The minimum Gasteiger partial charge on any atom is -0.497 e. The second kappa shape index (κ2) is 13.7. The van der Waals surface area contributed by atoms with Crippen LogP contribution in [0, 0.1) is 0 Å². The molecule has 9 heteroatoms. The van der Waals surface area contributed by atoms with Gasteiger partial charge in [0.15, 0.2) is 22.7 Å². The van der Waals surface area contributed by atoms with Crippen molar-refractivity contribution >= 4 is 24.8 Å². The van der Waals surface area contributed by atoms with Crippen LogP contribution in [0.4, 0.5) is 0 Å². The number of hydrogen-bond acceptors (Lipinski definition) is 7. The van der Waals surface area contributed by atoms with Crippen molar-refractivity contribution in [3.63, 3.8) is 0 Å². The van der Waals surface area contributed by atoms with Crippen LogP contribution in [-0.2, 0) is 24.7 Å². The topological polar surface area (TPSA) is 85.2 Å². The summed E-state index contributed by atoms with van der Waals surface area (Å²) in [4.78, 5) is 25.9. The predicted octanol–water partition coefficient (Wildman–Crippen LogP) is 6.69. The van der Waals surface area contributed by atoms with E-state index in [4.69, 9.17) is 23.7 Å². The molecule has 0 saturated heterocycles. The van der Waals surface area contributed by atoms with Gasteiger partial charge in [-0.15, -0.1) is 0 Å². The van der Waals surface area contributed by atoms with Crippen LogP contribution in [0.1, 0.15) is 28.4 Å². The Balaban J connectivity index is 1.72. The molecule has 0 amide bonds. The zero-order valence-electron chi connectivity index (χ0n) is 25.2. The first-order chi connectivity index (χ1) is 20.1. The van der Waals surface area contributed by atoms with Crippen LogP contribution < -0.4 is 24.4 Å². The number of methoxy groups -OCH3 is 2. The third-order valence-electron chi connectivity index (χ3n) is 6.86. The van der Waals surface area contributed by atoms with Crippen LogP contribution in [0.3, 0.4) is 0 Å². The fraction of sp³-hybridized carbons (Fsp3) is 0.333. The number of pyridine rings is 1. The summed E-state index contributed by atoms with van der Waals surface area (Å²) >= 11 is 0. The molecule has 42 heavy (non-hydrogen) atoms. The van der Waals surface area contributed by atoms with E-state index in [1.807, 2.05) is 48.5 Å². The molecule has 4 rings (SSSR count). The Hall–Kier alpha value is -4.08. The Labute approximate surface area is 247 Å². The molecule has 0 unspecified atom stereocenters. The van der Waals surface area contributed by atoms with E-state index in [0.29, 0.717) is 29.0 Å². The molecule has 3 aromatic carbocycles. The Morgan fingerprint density at radius 2 is 1.33 bits per heavy atom. The summed E-state index contributed by atoms with van der Waals surface area (Å²) in [6.07, 6.45) is 1.58. The fourth-order valence-electron chi connectivity index (χ4n) is 4.29. The molecule has 1 aromatic heterocycles. The number of Topliss-reactive ketones (excluding diaryl/α,β-unsaturated/α-hetero) is 1. The molecule has 0 spiro atoms. The maximum absolute atomic E-state index is 13.4. The smallest absolute Gasteiger partial charge is 0.200 e. The highest BCUT2D eigenvalue weighted by atomic mass is 28.3. The van der Waals surface area contributed by atoms with Gasteiger partial charge in [-0.1, -0.05) is 43.9 Å². The summed E-state index contributed by atoms with van der Waals surface area (Å²) in [5.41, 5.74) is 2.20. The monoisotopic (exact) mass is 589 g/mol. The Morgan fingerprint density at radius 3 is 1.81 bits per heavy atom. The van der Waals surface area contributed by atoms with Crippen molar-refractivity contribution in [3.05, 3.63) is 93.8 Å². The molecule has 8 nitrogen and oxygen atoms in total.